The van der Waals surface area contributed by atoms with Crippen LogP contribution in [0.15, 0.2) is 12.1 Å². The number of nitrogens with zero attached hydrogens (tertiary/aromatic N) is 3. The molecule has 1 aromatic carbocycles. The number of hydrogen-bond donors (Lipinski definition) is 2. The number of alkyl halides is 3. The number of nitrogen functional groups attached to an aromatic ring is 2. The summed E-state index contributed by atoms with van der Waals surface area (Å²) in [6.45, 7) is 0. The summed E-state index contributed by atoms with van der Waals surface area (Å²) in [7, 11) is 0. The standard InChI is InChI=1S/C12H6Cl2F3N5/c13-6-2-1-5(12(15,16)17)8(14)7(6)9-4(3-18)10(19)22-11(20)21-9/h1-2H,(H4,19,20,21,22). The highest BCUT2D eigenvalue weighted by atomic mass is 35.5. The molecule has 4 N–H and O–H groups in total. The van der Waals surface area contributed by atoms with Crippen molar-refractivity contribution in [1.29, 1.82) is 5.26 Å². The van der Waals surface area contributed by atoms with Gasteiger partial charge in [0.05, 0.1) is 21.3 Å². The van der Waals surface area contributed by atoms with Gasteiger partial charge < -0.3 is 11.5 Å². The van der Waals surface area contributed by atoms with E-state index in [1.54, 1.807) is 6.07 Å². The Balaban J connectivity index is 2.88. The van der Waals surface area contributed by atoms with Crippen LogP contribution in [-0.2, 0) is 6.18 Å². The fraction of sp³-hybridized carbons (Fsp3) is 0.0833. The number of anilines is 2. The third kappa shape index (κ3) is 2.73. The lowest BCUT2D eigenvalue weighted by atomic mass is 10.0. The van der Waals surface area contributed by atoms with Crippen molar-refractivity contribution < 1.29 is 13.2 Å². The molecule has 2 aromatic rings. The summed E-state index contributed by atoms with van der Waals surface area (Å²) in [6.07, 6.45) is -4.70. The summed E-state index contributed by atoms with van der Waals surface area (Å²) < 4.78 is 38.8. The van der Waals surface area contributed by atoms with E-state index >= 15 is 0 Å². The Kier molecular flexibility index (Phi) is 4.04. The van der Waals surface area contributed by atoms with Crippen molar-refractivity contribution in [2.24, 2.45) is 0 Å². The molecule has 0 saturated heterocycles. The third-order valence-electron chi connectivity index (χ3n) is 2.70. The lowest BCUT2D eigenvalue weighted by molar-refractivity contribution is -0.137. The smallest absolute Gasteiger partial charge is 0.382 e. The zero-order valence-electron chi connectivity index (χ0n) is 10.5. The Morgan fingerprint density at radius 3 is 2.32 bits per heavy atom. The molecule has 2 rings (SSSR count). The number of nitrogens with two attached hydrogens (primary N) is 2. The molecule has 22 heavy (non-hydrogen) atoms. The highest BCUT2D eigenvalue weighted by Crippen LogP contribution is 2.43. The quantitative estimate of drug-likeness (QED) is 0.821. The normalized spacial score (nSPS) is 11.3. The summed E-state index contributed by atoms with van der Waals surface area (Å²) >= 11 is 11.7. The Hall–Kier alpha value is -2.24. The molecule has 0 fully saturated rings. The Morgan fingerprint density at radius 2 is 1.77 bits per heavy atom. The van der Waals surface area contributed by atoms with Gasteiger partial charge in [0, 0.05) is 5.56 Å². The maximum Gasteiger partial charge on any atom is 0.417 e. The van der Waals surface area contributed by atoms with Gasteiger partial charge in [0.1, 0.15) is 17.5 Å². The van der Waals surface area contributed by atoms with E-state index in [0.29, 0.717) is 0 Å². The molecule has 0 aliphatic heterocycles. The maximum atomic E-state index is 12.9. The Labute approximate surface area is 132 Å². The van der Waals surface area contributed by atoms with Crippen LogP contribution in [0, 0.1) is 11.3 Å². The lowest BCUT2D eigenvalue weighted by Crippen LogP contribution is -2.09. The van der Waals surface area contributed by atoms with Gasteiger partial charge in [0.15, 0.2) is 0 Å². The van der Waals surface area contributed by atoms with Crippen molar-refractivity contribution in [3.8, 4) is 17.3 Å². The molecule has 0 radical (unpaired) electrons. The van der Waals surface area contributed by atoms with Gasteiger partial charge in [-0.1, -0.05) is 23.2 Å². The van der Waals surface area contributed by atoms with Crippen LogP contribution in [0.5, 0.6) is 0 Å². The molecule has 0 unspecified atom stereocenters. The van der Waals surface area contributed by atoms with Crippen molar-refractivity contribution in [2.45, 2.75) is 6.18 Å². The minimum Gasteiger partial charge on any atom is -0.382 e. The Bertz CT molecular complexity index is 799. The highest BCUT2D eigenvalue weighted by molar-refractivity contribution is 6.39. The first kappa shape index (κ1) is 16.1. The van der Waals surface area contributed by atoms with Crippen LogP contribution in [-0.4, -0.2) is 9.97 Å². The third-order valence-corrected chi connectivity index (χ3v) is 3.41. The summed E-state index contributed by atoms with van der Waals surface area (Å²) in [5.41, 5.74) is 9.03. The van der Waals surface area contributed by atoms with E-state index in [1.165, 1.54) is 0 Å². The molecule has 10 heteroatoms. The van der Waals surface area contributed by atoms with Crippen LogP contribution < -0.4 is 11.5 Å². The van der Waals surface area contributed by atoms with Crippen LogP contribution in [0.4, 0.5) is 24.9 Å². The number of nitriles is 1. The van der Waals surface area contributed by atoms with Crippen LogP contribution in [0.25, 0.3) is 11.3 Å². The monoisotopic (exact) mass is 347 g/mol. The highest BCUT2D eigenvalue weighted by Gasteiger charge is 2.35. The molecule has 0 bridgehead atoms. The molecule has 0 amide bonds. The molecule has 0 aliphatic carbocycles. The summed E-state index contributed by atoms with van der Waals surface area (Å²) in [4.78, 5) is 7.32. The van der Waals surface area contributed by atoms with E-state index in [-0.39, 0.29) is 33.6 Å². The predicted octanol–water partition coefficient (Wildman–Crippen LogP) is 3.51. The first-order chi connectivity index (χ1) is 10.2. The summed E-state index contributed by atoms with van der Waals surface area (Å²) in [5.74, 6) is -0.606. The van der Waals surface area contributed by atoms with Gasteiger partial charge >= 0.3 is 6.18 Å². The predicted molar refractivity (Wildman–Crippen MR) is 76.0 cm³/mol. The van der Waals surface area contributed by atoms with Crippen molar-refractivity contribution in [3.63, 3.8) is 0 Å². The van der Waals surface area contributed by atoms with E-state index in [2.05, 4.69) is 9.97 Å². The average Bonchev–Trinajstić information content (AvgIpc) is 2.36. The van der Waals surface area contributed by atoms with E-state index in [4.69, 9.17) is 39.9 Å². The largest absolute Gasteiger partial charge is 0.417 e. The second-order valence-corrected chi connectivity index (χ2v) is 4.87. The van der Waals surface area contributed by atoms with Crippen LogP contribution >= 0.6 is 23.2 Å². The van der Waals surface area contributed by atoms with Gasteiger partial charge in [0.25, 0.3) is 0 Å². The zero-order chi connectivity index (χ0) is 16.7. The fourth-order valence-electron chi connectivity index (χ4n) is 1.78. The molecule has 0 aliphatic rings. The molecule has 0 atom stereocenters. The van der Waals surface area contributed by atoms with Crippen molar-refractivity contribution in [3.05, 3.63) is 33.3 Å². The number of benzene rings is 1. The number of rotatable bonds is 1. The minimum atomic E-state index is -4.70. The topological polar surface area (TPSA) is 102 Å². The molecule has 1 heterocycles. The van der Waals surface area contributed by atoms with Gasteiger partial charge in [0.2, 0.25) is 5.95 Å². The molecular weight excluding hydrogens is 342 g/mol. The first-order valence-corrected chi connectivity index (χ1v) is 6.31. The summed E-state index contributed by atoms with van der Waals surface area (Å²) in [6, 6.07) is 3.43. The van der Waals surface area contributed by atoms with Crippen LogP contribution in [0.2, 0.25) is 10.0 Å². The Morgan fingerprint density at radius 1 is 1.14 bits per heavy atom. The number of halogens is 5. The molecule has 0 saturated carbocycles. The molecule has 5 nitrogen and oxygen atoms in total. The van der Waals surface area contributed by atoms with Crippen molar-refractivity contribution in [2.75, 3.05) is 11.5 Å². The van der Waals surface area contributed by atoms with E-state index in [0.717, 1.165) is 12.1 Å². The molecular formula is C12H6Cl2F3N5. The lowest BCUT2D eigenvalue weighted by Gasteiger charge is -2.15. The molecule has 1 aromatic heterocycles. The van der Waals surface area contributed by atoms with Gasteiger partial charge in [-0.05, 0) is 12.1 Å². The summed E-state index contributed by atoms with van der Waals surface area (Å²) in [5, 5.41) is 8.27. The number of hydrogen-bond acceptors (Lipinski definition) is 5. The average molecular weight is 348 g/mol. The van der Waals surface area contributed by atoms with E-state index in [9.17, 15) is 13.2 Å². The first-order valence-electron chi connectivity index (χ1n) is 5.55. The second-order valence-electron chi connectivity index (χ2n) is 4.08. The van der Waals surface area contributed by atoms with Crippen molar-refractivity contribution >= 4 is 35.0 Å². The molecule has 114 valence electrons. The maximum absolute atomic E-state index is 12.9. The van der Waals surface area contributed by atoms with Crippen LogP contribution in [0.3, 0.4) is 0 Å². The SMILES string of the molecule is N#Cc1c(N)nc(N)nc1-c1c(Cl)ccc(C(F)(F)F)c1Cl. The van der Waals surface area contributed by atoms with Crippen LogP contribution in [0.1, 0.15) is 11.1 Å². The van der Waals surface area contributed by atoms with Gasteiger partial charge in [-0.3, -0.25) is 0 Å². The molecule has 0 spiro atoms. The van der Waals surface area contributed by atoms with Gasteiger partial charge in [-0.25, -0.2) is 4.98 Å². The van der Waals surface area contributed by atoms with Gasteiger partial charge in [-0.2, -0.15) is 23.4 Å². The number of aromatic nitrogens is 2. The zero-order valence-corrected chi connectivity index (χ0v) is 12.1. The van der Waals surface area contributed by atoms with E-state index < -0.39 is 16.8 Å². The van der Waals surface area contributed by atoms with Crippen molar-refractivity contribution in [1.82, 2.24) is 9.97 Å². The van der Waals surface area contributed by atoms with Gasteiger partial charge in [-0.15, -0.1) is 0 Å². The van der Waals surface area contributed by atoms with E-state index in [1.807, 2.05) is 0 Å². The fourth-order valence-corrected chi connectivity index (χ4v) is 2.43. The second kappa shape index (κ2) is 5.51. The minimum absolute atomic E-state index is 0.132.